The zero-order valence-corrected chi connectivity index (χ0v) is 11.9. The van der Waals surface area contributed by atoms with Gasteiger partial charge in [0, 0.05) is 11.8 Å². The van der Waals surface area contributed by atoms with Crippen molar-refractivity contribution >= 4 is 41.8 Å². The summed E-state index contributed by atoms with van der Waals surface area (Å²) in [4.78, 5) is 21.8. The van der Waals surface area contributed by atoms with Crippen LogP contribution in [-0.2, 0) is 4.74 Å². The maximum absolute atomic E-state index is 11.7. The van der Waals surface area contributed by atoms with Gasteiger partial charge in [-0.3, -0.25) is 10.1 Å². The van der Waals surface area contributed by atoms with Crippen molar-refractivity contribution in [1.82, 2.24) is 0 Å². The molecule has 0 aliphatic carbocycles. The molecular weight excluding hydrogens is 371 g/mol. The third-order valence-corrected chi connectivity index (χ3v) is 3.58. The van der Waals surface area contributed by atoms with Gasteiger partial charge in [-0.15, -0.1) is 0 Å². The standard InChI is InChI=1S/C10H7IN2O4S/c11-18-4-3-17-10(14)8-5-7(6-12)1-2-9(8)13(15)16/h1-2,5H,3-4H2. The van der Waals surface area contributed by atoms with Gasteiger partial charge in [0.2, 0.25) is 0 Å². The maximum atomic E-state index is 11.7. The molecule has 0 spiro atoms. The van der Waals surface area contributed by atoms with Crippen LogP contribution in [0.2, 0.25) is 0 Å². The van der Waals surface area contributed by atoms with Crippen LogP contribution in [-0.4, -0.2) is 23.3 Å². The fourth-order valence-electron chi connectivity index (χ4n) is 1.17. The summed E-state index contributed by atoms with van der Waals surface area (Å²) >= 11 is 2.05. The highest BCUT2D eigenvalue weighted by Crippen LogP contribution is 2.21. The molecule has 0 radical (unpaired) electrons. The summed E-state index contributed by atoms with van der Waals surface area (Å²) in [6.07, 6.45) is 0. The Morgan fingerprint density at radius 3 is 2.89 bits per heavy atom. The van der Waals surface area contributed by atoms with Gasteiger partial charge in [0.15, 0.2) is 0 Å². The molecule has 0 bridgehead atoms. The van der Waals surface area contributed by atoms with E-state index in [1.807, 2.05) is 6.07 Å². The van der Waals surface area contributed by atoms with E-state index in [2.05, 4.69) is 21.2 Å². The number of rotatable bonds is 5. The number of ether oxygens (including phenoxy) is 1. The van der Waals surface area contributed by atoms with Crippen LogP contribution in [0.15, 0.2) is 18.2 Å². The Kier molecular flexibility index (Phi) is 5.87. The minimum atomic E-state index is -0.788. The van der Waals surface area contributed by atoms with Crippen molar-refractivity contribution in [3.05, 3.63) is 39.4 Å². The van der Waals surface area contributed by atoms with E-state index < -0.39 is 10.9 Å². The second kappa shape index (κ2) is 7.17. The normalized spacial score (nSPS) is 9.56. The Morgan fingerprint density at radius 1 is 1.61 bits per heavy atom. The van der Waals surface area contributed by atoms with Crippen molar-refractivity contribution in [1.29, 1.82) is 5.26 Å². The lowest BCUT2D eigenvalue weighted by Crippen LogP contribution is -2.10. The first-order valence-corrected chi connectivity index (χ1v) is 8.22. The second-order valence-electron chi connectivity index (χ2n) is 3.05. The minimum Gasteiger partial charge on any atom is -0.461 e. The van der Waals surface area contributed by atoms with Gasteiger partial charge in [0.05, 0.1) is 16.6 Å². The van der Waals surface area contributed by atoms with E-state index in [1.165, 1.54) is 15.0 Å². The van der Waals surface area contributed by atoms with E-state index >= 15 is 0 Å². The molecule has 0 saturated carbocycles. The predicted octanol–water partition coefficient (Wildman–Crippen LogP) is 2.71. The quantitative estimate of drug-likeness (QED) is 0.257. The summed E-state index contributed by atoms with van der Waals surface area (Å²) < 4.78 is 4.88. The number of nitro benzene ring substituents is 1. The molecule has 94 valence electrons. The molecule has 0 atom stereocenters. The second-order valence-corrected chi connectivity index (χ2v) is 5.54. The predicted molar refractivity (Wildman–Crippen MR) is 74.6 cm³/mol. The molecule has 0 aliphatic rings. The van der Waals surface area contributed by atoms with Gasteiger partial charge in [0.1, 0.15) is 12.2 Å². The summed E-state index contributed by atoms with van der Waals surface area (Å²) in [5.41, 5.74) is -0.380. The van der Waals surface area contributed by atoms with E-state index in [-0.39, 0.29) is 23.4 Å². The first-order chi connectivity index (χ1) is 8.60. The fraction of sp³-hybridized carbons (Fsp3) is 0.200. The van der Waals surface area contributed by atoms with Crippen LogP contribution in [0.25, 0.3) is 0 Å². The molecule has 0 amide bonds. The number of halogens is 1. The van der Waals surface area contributed by atoms with Gasteiger partial charge in [-0.2, -0.15) is 5.26 Å². The summed E-state index contributed by atoms with van der Waals surface area (Å²) in [5, 5.41) is 19.5. The summed E-state index contributed by atoms with van der Waals surface area (Å²) in [7, 11) is 1.46. The van der Waals surface area contributed by atoms with Gasteiger partial charge in [-0.05, 0) is 33.3 Å². The number of benzene rings is 1. The lowest BCUT2D eigenvalue weighted by atomic mass is 10.1. The maximum Gasteiger partial charge on any atom is 0.345 e. The number of hydrogen-bond acceptors (Lipinski definition) is 6. The van der Waals surface area contributed by atoms with Crippen LogP contribution >= 0.6 is 30.1 Å². The molecule has 0 heterocycles. The smallest absolute Gasteiger partial charge is 0.345 e. The lowest BCUT2D eigenvalue weighted by molar-refractivity contribution is -0.385. The lowest BCUT2D eigenvalue weighted by Gasteiger charge is -2.04. The van der Waals surface area contributed by atoms with E-state index in [4.69, 9.17) is 10.00 Å². The number of carbonyl (C=O) groups is 1. The minimum absolute atomic E-state index is 0.167. The first-order valence-electron chi connectivity index (χ1n) is 4.69. The largest absolute Gasteiger partial charge is 0.461 e. The van der Waals surface area contributed by atoms with Crippen LogP contribution in [0, 0.1) is 21.4 Å². The molecule has 18 heavy (non-hydrogen) atoms. The third-order valence-electron chi connectivity index (χ3n) is 1.94. The zero-order chi connectivity index (χ0) is 13.5. The average Bonchev–Trinajstić information content (AvgIpc) is 2.38. The van der Waals surface area contributed by atoms with Gasteiger partial charge in [0.25, 0.3) is 5.69 Å². The third kappa shape index (κ3) is 3.85. The zero-order valence-electron chi connectivity index (χ0n) is 8.96. The van der Waals surface area contributed by atoms with Crippen LogP contribution in [0.4, 0.5) is 5.69 Å². The molecule has 0 fully saturated rings. The van der Waals surface area contributed by atoms with Crippen LogP contribution in [0.5, 0.6) is 0 Å². The van der Waals surface area contributed by atoms with Gasteiger partial charge in [-0.1, -0.05) is 8.93 Å². The number of nitriles is 1. The van der Waals surface area contributed by atoms with E-state index in [1.54, 1.807) is 0 Å². The van der Waals surface area contributed by atoms with E-state index in [9.17, 15) is 14.9 Å². The number of hydrogen-bond donors (Lipinski definition) is 0. The van der Waals surface area contributed by atoms with Gasteiger partial charge in [-0.25, -0.2) is 4.79 Å². The molecule has 8 heteroatoms. The molecule has 1 aromatic carbocycles. The Labute approximate surface area is 119 Å². The summed E-state index contributed by atoms with van der Waals surface area (Å²) in [5.74, 6) is -0.192. The van der Waals surface area contributed by atoms with Crippen molar-refractivity contribution in [2.24, 2.45) is 0 Å². The topological polar surface area (TPSA) is 93.2 Å². The molecule has 0 aromatic heterocycles. The number of nitro groups is 1. The first kappa shape index (κ1) is 14.7. The fourth-order valence-corrected chi connectivity index (χ4v) is 1.86. The molecular formula is C10H7IN2O4S. The van der Waals surface area contributed by atoms with Crippen LogP contribution in [0.1, 0.15) is 15.9 Å². The number of esters is 1. The van der Waals surface area contributed by atoms with Gasteiger partial charge < -0.3 is 4.74 Å². The highest BCUT2D eigenvalue weighted by Gasteiger charge is 2.21. The Bertz CT molecular complexity index is 515. The molecule has 6 nitrogen and oxygen atoms in total. The highest BCUT2D eigenvalue weighted by atomic mass is 127. The van der Waals surface area contributed by atoms with Crippen molar-refractivity contribution in [3.63, 3.8) is 0 Å². The Morgan fingerprint density at radius 2 is 2.33 bits per heavy atom. The molecule has 0 saturated heterocycles. The van der Waals surface area contributed by atoms with Crippen LogP contribution in [0.3, 0.4) is 0 Å². The van der Waals surface area contributed by atoms with Crippen molar-refractivity contribution in [2.45, 2.75) is 0 Å². The summed E-state index contributed by atoms with van der Waals surface area (Å²) in [6.45, 7) is 0.167. The Hall–Kier alpha value is -1.34. The molecule has 1 rings (SSSR count). The van der Waals surface area contributed by atoms with Crippen molar-refractivity contribution in [2.75, 3.05) is 12.4 Å². The average molecular weight is 378 g/mol. The Balaban J connectivity index is 3.00. The van der Waals surface area contributed by atoms with Crippen molar-refractivity contribution < 1.29 is 14.5 Å². The summed E-state index contributed by atoms with van der Waals surface area (Å²) in [6, 6.07) is 5.40. The molecule has 0 aliphatic heterocycles. The van der Waals surface area contributed by atoms with Gasteiger partial charge >= 0.3 is 5.97 Å². The number of carbonyl (C=O) groups excluding carboxylic acids is 1. The molecule has 0 unspecified atom stereocenters. The highest BCUT2D eigenvalue weighted by molar-refractivity contribution is 14.2. The molecule has 0 N–H and O–H groups in total. The SMILES string of the molecule is N#Cc1ccc([N+](=O)[O-])c(C(=O)OCCSI)c1. The molecule has 1 aromatic rings. The van der Waals surface area contributed by atoms with E-state index in [0.29, 0.717) is 5.75 Å². The monoisotopic (exact) mass is 378 g/mol. The van der Waals surface area contributed by atoms with E-state index in [0.717, 1.165) is 12.1 Å². The number of nitrogens with zero attached hydrogens (tertiary/aromatic N) is 2. The van der Waals surface area contributed by atoms with Crippen LogP contribution < -0.4 is 0 Å². The van der Waals surface area contributed by atoms with Crippen molar-refractivity contribution in [3.8, 4) is 6.07 Å².